The molecule has 0 radical (unpaired) electrons. The SMILES string of the molecule is Cc1cc(O)cc2c1C1(CC1)CC21CCCCC1. The van der Waals surface area contributed by atoms with Gasteiger partial charge in [-0.25, -0.2) is 0 Å². The van der Waals surface area contributed by atoms with Crippen LogP contribution < -0.4 is 0 Å². The lowest BCUT2D eigenvalue weighted by Gasteiger charge is -2.35. The molecule has 4 rings (SSSR count). The molecule has 1 heteroatoms. The first-order valence-corrected chi connectivity index (χ1v) is 7.50. The highest BCUT2D eigenvalue weighted by molar-refractivity contribution is 5.56. The maximum absolute atomic E-state index is 9.98. The van der Waals surface area contributed by atoms with Crippen molar-refractivity contribution in [2.45, 2.75) is 69.1 Å². The van der Waals surface area contributed by atoms with Gasteiger partial charge in [-0.05, 0) is 78.7 Å². The van der Waals surface area contributed by atoms with Crippen LogP contribution >= 0.6 is 0 Å². The molecule has 3 aliphatic rings. The van der Waals surface area contributed by atoms with Crippen molar-refractivity contribution in [1.29, 1.82) is 0 Å². The van der Waals surface area contributed by atoms with Crippen molar-refractivity contribution in [3.63, 3.8) is 0 Å². The van der Waals surface area contributed by atoms with Gasteiger partial charge in [0.15, 0.2) is 0 Å². The highest BCUT2D eigenvalue weighted by atomic mass is 16.3. The predicted octanol–water partition coefficient (Wildman–Crippen LogP) is 4.34. The van der Waals surface area contributed by atoms with Crippen molar-refractivity contribution in [3.05, 3.63) is 28.8 Å². The normalized spacial score (nSPS) is 26.5. The van der Waals surface area contributed by atoms with Gasteiger partial charge in [0.25, 0.3) is 0 Å². The van der Waals surface area contributed by atoms with Gasteiger partial charge in [0, 0.05) is 0 Å². The van der Waals surface area contributed by atoms with Gasteiger partial charge in [-0.2, -0.15) is 0 Å². The number of hydrogen-bond acceptors (Lipinski definition) is 1. The summed E-state index contributed by atoms with van der Waals surface area (Å²) in [6.07, 6.45) is 11.0. The molecule has 0 atom stereocenters. The molecule has 3 aliphatic carbocycles. The molecule has 96 valence electrons. The van der Waals surface area contributed by atoms with E-state index >= 15 is 0 Å². The molecule has 0 amide bonds. The summed E-state index contributed by atoms with van der Waals surface area (Å²) in [5.41, 5.74) is 5.43. The molecular weight excluding hydrogens is 220 g/mol. The molecular formula is C17H22O. The Morgan fingerprint density at radius 1 is 0.944 bits per heavy atom. The molecule has 0 heterocycles. The van der Waals surface area contributed by atoms with Crippen LogP contribution in [-0.2, 0) is 10.8 Å². The predicted molar refractivity (Wildman–Crippen MR) is 73.1 cm³/mol. The van der Waals surface area contributed by atoms with E-state index < -0.39 is 0 Å². The number of aromatic hydroxyl groups is 1. The molecule has 1 aromatic rings. The second-order valence-electron chi connectivity index (χ2n) is 6.98. The monoisotopic (exact) mass is 242 g/mol. The summed E-state index contributed by atoms with van der Waals surface area (Å²) in [6.45, 7) is 2.19. The maximum atomic E-state index is 9.98. The second kappa shape index (κ2) is 3.31. The standard InChI is InChI=1S/C17H22O/c1-12-9-13(18)10-14-15(12)17(7-8-17)11-16(14)5-3-2-4-6-16/h9-10,18H,2-8,11H2,1H3. The third kappa shape index (κ3) is 1.28. The van der Waals surface area contributed by atoms with E-state index in [9.17, 15) is 5.11 Å². The Labute approximate surface area is 109 Å². The van der Waals surface area contributed by atoms with Crippen LogP contribution in [0.25, 0.3) is 0 Å². The number of aryl methyl sites for hydroxylation is 1. The van der Waals surface area contributed by atoms with Crippen LogP contribution in [0.5, 0.6) is 5.75 Å². The quantitative estimate of drug-likeness (QED) is 0.717. The van der Waals surface area contributed by atoms with Gasteiger partial charge in [0.1, 0.15) is 5.75 Å². The summed E-state index contributed by atoms with van der Waals surface area (Å²) in [4.78, 5) is 0. The Kier molecular flexibility index (Phi) is 2.01. The van der Waals surface area contributed by atoms with E-state index in [1.165, 1.54) is 62.5 Å². The van der Waals surface area contributed by atoms with E-state index in [4.69, 9.17) is 0 Å². The average Bonchev–Trinajstić information content (AvgIpc) is 3.03. The highest BCUT2D eigenvalue weighted by Crippen LogP contribution is 2.66. The molecule has 2 fully saturated rings. The van der Waals surface area contributed by atoms with Crippen molar-refractivity contribution in [2.24, 2.45) is 0 Å². The Morgan fingerprint density at radius 2 is 1.67 bits per heavy atom. The zero-order chi connectivity index (χ0) is 12.4. The van der Waals surface area contributed by atoms with Crippen LogP contribution in [0.1, 0.15) is 68.1 Å². The molecule has 18 heavy (non-hydrogen) atoms. The summed E-state index contributed by atoms with van der Waals surface area (Å²) < 4.78 is 0. The smallest absolute Gasteiger partial charge is 0.116 e. The minimum Gasteiger partial charge on any atom is -0.508 e. The van der Waals surface area contributed by atoms with Crippen LogP contribution in [0.4, 0.5) is 0 Å². The van der Waals surface area contributed by atoms with E-state index in [2.05, 4.69) is 13.0 Å². The zero-order valence-corrected chi connectivity index (χ0v) is 11.3. The lowest BCUT2D eigenvalue weighted by molar-refractivity contribution is 0.275. The van der Waals surface area contributed by atoms with E-state index in [0.717, 1.165) is 0 Å². The van der Waals surface area contributed by atoms with Crippen LogP contribution in [-0.4, -0.2) is 5.11 Å². The molecule has 0 saturated heterocycles. The van der Waals surface area contributed by atoms with Crippen molar-refractivity contribution in [2.75, 3.05) is 0 Å². The Balaban J connectivity index is 1.92. The topological polar surface area (TPSA) is 20.2 Å². The molecule has 0 aromatic heterocycles. The number of phenolic OH excluding ortho intramolecular Hbond substituents is 1. The van der Waals surface area contributed by atoms with Gasteiger partial charge in [-0.3, -0.25) is 0 Å². The Bertz CT molecular complexity index is 505. The fourth-order valence-corrected chi connectivity index (χ4v) is 4.97. The van der Waals surface area contributed by atoms with Crippen molar-refractivity contribution in [3.8, 4) is 5.75 Å². The van der Waals surface area contributed by atoms with E-state index in [1.54, 1.807) is 5.56 Å². The number of benzene rings is 1. The molecule has 2 saturated carbocycles. The molecule has 1 N–H and O–H groups in total. The van der Waals surface area contributed by atoms with Gasteiger partial charge >= 0.3 is 0 Å². The largest absolute Gasteiger partial charge is 0.508 e. The van der Waals surface area contributed by atoms with Gasteiger partial charge in [0.2, 0.25) is 0 Å². The van der Waals surface area contributed by atoms with Crippen LogP contribution in [0.2, 0.25) is 0 Å². The lowest BCUT2D eigenvalue weighted by atomic mass is 9.69. The third-order valence-electron chi connectivity index (χ3n) is 5.76. The van der Waals surface area contributed by atoms with Crippen molar-refractivity contribution < 1.29 is 5.11 Å². The van der Waals surface area contributed by atoms with Crippen LogP contribution in [0.3, 0.4) is 0 Å². The first-order valence-electron chi connectivity index (χ1n) is 7.50. The summed E-state index contributed by atoms with van der Waals surface area (Å²) in [6, 6.07) is 4.07. The minimum absolute atomic E-state index is 0.424. The van der Waals surface area contributed by atoms with E-state index in [1.807, 2.05) is 6.07 Å². The third-order valence-corrected chi connectivity index (χ3v) is 5.76. The Hall–Kier alpha value is -0.980. The molecule has 0 aliphatic heterocycles. The van der Waals surface area contributed by atoms with E-state index in [-0.39, 0.29) is 0 Å². The zero-order valence-electron chi connectivity index (χ0n) is 11.3. The Morgan fingerprint density at radius 3 is 2.33 bits per heavy atom. The summed E-state index contributed by atoms with van der Waals surface area (Å²) in [5, 5.41) is 9.98. The molecule has 0 bridgehead atoms. The second-order valence-corrected chi connectivity index (χ2v) is 6.98. The molecule has 1 aromatic carbocycles. The van der Waals surface area contributed by atoms with Gasteiger partial charge in [-0.1, -0.05) is 19.3 Å². The van der Waals surface area contributed by atoms with Gasteiger partial charge in [0.05, 0.1) is 0 Å². The van der Waals surface area contributed by atoms with Crippen LogP contribution in [0.15, 0.2) is 12.1 Å². The van der Waals surface area contributed by atoms with Crippen molar-refractivity contribution in [1.82, 2.24) is 0 Å². The van der Waals surface area contributed by atoms with Crippen LogP contribution in [0, 0.1) is 6.92 Å². The summed E-state index contributed by atoms with van der Waals surface area (Å²) in [7, 11) is 0. The van der Waals surface area contributed by atoms with Gasteiger partial charge in [-0.15, -0.1) is 0 Å². The average molecular weight is 242 g/mol. The lowest BCUT2D eigenvalue weighted by Crippen LogP contribution is -2.27. The first kappa shape index (κ1) is 10.9. The summed E-state index contributed by atoms with van der Waals surface area (Å²) >= 11 is 0. The molecule has 2 spiro atoms. The maximum Gasteiger partial charge on any atom is 0.116 e. The fraction of sp³-hybridized carbons (Fsp3) is 0.647. The highest BCUT2D eigenvalue weighted by Gasteiger charge is 2.58. The van der Waals surface area contributed by atoms with E-state index in [0.29, 0.717) is 16.6 Å². The van der Waals surface area contributed by atoms with Gasteiger partial charge < -0.3 is 5.11 Å². The molecule has 0 unspecified atom stereocenters. The van der Waals surface area contributed by atoms with Crippen molar-refractivity contribution >= 4 is 0 Å². The number of fused-ring (bicyclic) bond motifs is 3. The number of rotatable bonds is 0. The first-order chi connectivity index (χ1) is 8.65. The number of phenols is 1. The summed E-state index contributed by atoms with van der Waals surface area (Å²) in [5.74, 6) is 0.480. The molecule has 1 nitrogen and oxygen atoms in total. The fourth-order valence-electron chi connectivity index (χ4n) is 4.97. The number of hydrogen-bond donors (Lipinski definition) is 1. The minimum atomic E-state index is 0.424.